The molecule has 1 unspecified atom stereocenters. The van der Waals surface area contributed by atoms with Crippen molar-refractivity contribution in [2.75, 3.05) is 12.4 Å². The molecule has 3 nitrogen and oxygen atoms in total. The molecule has 0 saturated heterocycles. The number of halogens is 1. The van der Waals surface area contributed by atoms with Crippen LogP contribution in [-0.2, 0) is 4.74 Å². The molecule has 0 spiro atoms. The molecule has 4 heteroatoms. The highest BCUT2D eigenvalue weighted by atomic mass is 19.1. The van der Waals surface area contributed by atoms with E-state index in [0.717, 1.165) is 0 Å². The van der Waals surface area contributed by atoms with Crippen LogP contribution in [-0.4, -0.2) is 19.1 Å². The summed E-state index contributed by atoms with van der Waals surface area (Å²) in [6, 6.07) is 4.33. The monoisotopic (exact) mass is 265 g/mol. The summed E-state index contributed by atoms with van der Waals surface area (Å²) in [6.45, 7) is 2.09. The van der Waals surface area contributed by atoms with Crippen molar-refractivity contribution in [3.05, 3.63) is 29.6 Å². The standard InChI is InChI=1S/C15H20FNO2/c1-10(11-5-3-4-6-11)17-14-9-12(16)7-8-13(14)15(18)19-2/h7-11,17H,3-6H2,1-2H3. The number of esters is 1. The van der Waals surface area contributed by atoms with E-state index < -0.39 is 5.97 Å². The summed E-state index contributed by atoms with van der Waals surface area (Å²) in [4.78, 5) is 11.7. The smallest absolute Gasteiger partial charge is 0.339 e. The zero-order valence-electron chi connectivity index (χ0n) is 11.4. The highest BCUT2D eigenvalue weighted by Gasteiger charge is 2.23. The quantitative estimate of drug-likeness (QED) is 0.845. The van der Waals surface area contributed by atoms with Crippen molar-refractivity contribution in [2.45, 2.75) is 38.6 Å². The van der Waals surface area contributed by atoms with Crippen molar-refractivity contribution in [3.8, 4) is 0 Å². The van der Waals surface area contributed by atoms with Crippen molar-refractivity contribution in [1.29, 1.82) is 0 Å². The average Bonchev–Trinajstić information content (AvgIpc) is 2.92. The van der Waals surface area contributed by atoms with E-state index in [0.29, 0.717) is 17.2 Å². The lowest BCUT2D eigenvalue weighted by Crippen LogP contribution is -2.25. The molecule has 1 aliphatic carbocycles. The molecule has 1 aromatic rings. The maximum atomic E-state index is 13.4. The summed E-state index contributed by atoms with van der Waals surface area (Å²) < 4.78 is 18.1. The molecule has 19 heavy (non-hydrogen) atoms. The number of hydrogen-bond donors (Lipinski definition) is 1. The van der Waals surface area contributed by atoms with Gasteiger partial charge in [0.25, 0.3) is 0 Å². The number of nitrogens with one attached hydrogen (secondary N) is 1. The summed E-state index contributed by atoms with van der Waals surface area (Å²) in [5.74, 6) is -0.205. The molecular weight excluding hydrogens is 245 g/mol. The van der Waals surface area contributed by atoms with Gasteiger partial charge in [0.2, 0.25) is 0 Å². The number of methoxy groups -OCH3 is 1. The number of carbonyl (C=O) groups excluding carboxylic acids is 1. The highest BCUT2D eigenvalue weighted by molar-refractivity contribution is 5.95. The van der Waals surface area contributed by atoms with Crippen LogP contribution in [0.1, 0.15) is 43.0 Å². The third kappa shape index (κ3) is 3.25. The second kappa shape index (κ2) is 6.04. The third-order valence-corrected chi connectivity index (χ3v) is 3.88. The lowest BCUT2D eigenvalue weighted by Gasteiger charge is -2.22. The molecular formula is C15H20FNO2. The molecule has 0 aliphatic heterocycles. The zero-order chi connectivity index (χ0) is 13.8. The Kier molecular flexibility index (Phi) is 4.40. The number of carbonyl (C=O) groups is 1. The maximum Gasteiger partial charge on any atom is 0.339 e. The number of ether oxygens (including phenoxy) is 1. The van der Waals surface area contributed by atoms with Gasteiger partial charge in [0.05, 0.1) is 18.4 Å². The molecule has 1 saturated carbocycles. The summed E-state index contributed by atoms with van der Waals surface area (Å²) >= 11 is 0. The van der Waals surface area contributed by atoms with Gasteiger partial charge in [-0.3, -0.25) is 0 Å². The van der Waals surface area contributed by atoms with Gasteiger partial charge in [0, 0.05) is 6.04 Å². The first-order valence-electron chi connectivity index (χ1n) is 6.76. The molecule has 0 aromatic heterocycles. The molecule has 0 heterocycles. The van der Waals surface area contributed by atoms with Gasteiger partial charge < -0.3 is 10.1 Å². The van der Waals surface area contributed by atoms with Crippen molar-refractivity contribution >= 4 is 11.7 Å². The first kappa shape index (κ1) is 13.8. The van der Waals surface area contributed by atoms with Gasteiger partial charge in [-0.1, -0.05) is 12.8 Å². The van der Waals surface area contributed by atoms with Crippen LogP contribution >= 0.6 is 0 Å². The Labute approximate surface area is 113 Å². The van der Waals surface area contributed by atoms with E-state index in [1.165, 1.54) is 51.0 Å². The van der Waals surface area contributed by atoms with Crippen molar-refractivity contribution < 1.29 is 13.9 Å². The topological polar surface area (TPSA) is 38.3 Å². The Morgan fingerprint density at radius 2 is 2.11 bits per heavy atom. The predicted molar refractivity (Wildman–Crippen MR) is 72.8 cm³/mol. The van der Waals surface area contributed by atoms with Gasteiger partial charge in [-0.2, -0.15) is 0 Å². The molecule has 0 bridgehead atoms. The van der Waals surface area contributed by atoms with Gasteiger partial charge in [-0.05, 0) is 43.9 Å². The van der Waals surface area contributed by atoms with Crippen LogP contribution in [0.25, 0.3) is 0 Å². The Bertz CT molecular complexity index is 455. The molecule has 1 aliphatic rings. The van der Waals surface area contributed by atoms with Gasteiger partial charge in [0.1, 0.15) is 5.82 Å². The lowest BCUT2D eigenvalue weighted by molar-refractivity contribution is 0.0601. The maximum absolute atomic E-state index is 13.4. The third-order valence-electron chi connectivity index (χ3n) is 3.88. The molecule has 0 amide bonds. The van der Waals surface area contributed by atoms with Gasteiger partial charge in [-0.25, -0.2) is 9.18 Å². The van der Waals surface area contributed by atoms with E-state index in [2.05, 4.69) is 12.2 Å². The molecule has 2 rings (SSSR count). The van der Waals surface area contributed by atoms with Gasteiger partial charge in [0.15, 0.2) is 0 Å². The van der Waals surface area contributed by atoms with Crippen molar-refractivity contribution in [3.63, 3.8) is 0 Å². The Morgan fingerprint density at radius 3 is 2.74 bits per heavy atom. The molecule has 0 radical (unpaired) electrons. The Morgan fingerprint density at radius 1 is 1.42 bits per heavy atom. The SMILES string of the molecule is COC(=O)c1ccc(F)cc1NC(C)C1CCCC1. The largest absolute Gasteiger partial charge is 0.465 e. The molecule has 104 valence electrons. The van der Waals surface area contributed by atoms with Crippen molar-refractivity contribution in [2.24, 2.45) is 5.92 Å². The van der Waals surface area contributed by atoms with Crippen LogP contribution in [0.15, 0.2) is 18.2 Å². The molecule has 1 aromatic carbocycles. The van der Waals surface area contributed by atoms with Crippen LogP contribution in [0.2, 0.25) is 0 Å². The first-order chi connectivity index (χ1) is 9.11. The fourth-order valence-corrected chi connectivity index (χ4v) is 2.74. The van der Waals surface area contributed by atoms with Crippen molar-refractivity contribution in [1.82, 2.24) is 0 Å². The van der Waals surface area contributed by atoms with Crippen LogP contribution in [0.5, 0.6) is 0 Å². The van der Waals surface area contributed by atoms with E-state index in [1.54, 1.807) is 0 Å². The fraction of sp³-hybridized carbons (Fsp3) is 0.533. The minimum Gasteiger partial charge on any atom is -0.465 e. The highest BCUT2D eigenvalue weighted by Crippen LogP contribution is 2.30. The van der Waals surface area contributed by atoms with E-state index in [-0.39, 0.29) is 11.9 Å². The first-order valence-corrected chi connectivity index (χ1v) is 6.76. The minimum atomic E-state index is -0.443. The van der Waals surface area contributed by atoms with Crippen LogP contribution in [0, 0.1) is 11.7 Å². The molecule has 1 N–H and O–H groups in total. The molecule has 1 fully saturated rings. The predicted octanol–water partition coefficient (Wildman–Crippen LogP) is 3.60. The van der Waals surface area contributed by atoms with Crippen LogP contribution in [0.3, 0.4) is 0 Å². The Hall–Kier alpha value is -1.58. The second-order valence-corrected chi connectivity index (χ2v) is 5.16. The normalized spacial score (nSPS) is 17.2. The fourth-order valence-electron chi connectivity index (χ4n) is 2.74. The lowest BCUT2D eigenvalue weighted by atomic mass is 9.99. The van der Waals surface area contributed by atoms with E-state index in [9.17, 15) is 9.18 Å². The number of hydrogen-bond acceptors (Lipinski definition) is 3. The molecule has 1 atom stereocenters. The number of rotatable bonds is 4. The summed E-state index contributed by atoms with van der Waals surface area (Å²) in [7, 11) is 1.33. The number of anilines is 1. The summed E-state index contributed by atoms with van der Waals surface area (Å²) in [5.41, 5.74) is 0.903. The second-order valence-electron chi connectivity index (χ2n) is 5.16. The van der Waals surface area contributed by atoms with E-state index in [1.807, 2.05) is 0 Å². The number of benzene rings is 1. The summed E-state index contributed by atoms with van der Waals surface area (Å²) in [6.07, 6.45) is 4.89. The average molecular weight is 265 g/mol. The minimum absolute atomic E-state index is 0.229. The Balaban J connectivity index is 2.17. The van der Waals surface area contributed by atoms with E-state index >= 15 is 0 Å². The van der Waals surface area contributed by atoms with Crippen LogP contribution < -0.4 is 5.32 Å². The summed E-state index contributed by atoms with van der Waals surface area (Å²) in [5, 5.41) is 3.27. The van der Waals surface area contributed by atoms with Crippen LogP contribution in [0.4, 0.5) is 10.1 Å². The van der Waals surface area contributed by atoms with E-state index in [4.69, 9.17) is 4.74 Å². The zero-order valence-corrected chi connectivity index (χ0v) is 11.4. The van der Waals surface area contributed by atoms with Gasteiger partial charge in [-0.15, -0.1) is 0 Å². The van der Waals surface area contributed by atoms with Gasteiger partial charge >= 0.3 is 5.97 Å².